The molecule has 2 amide bonds. The van der Waals surface area contributed by atoms with Gasteiger partial charge in [0.25, 0.3) is 5.91 Å². The minimum Gasteiger partial charge on any atom is -0.390 e. The van der Waals surface area contributed by atoms with Crippen molar-refractivity contribution in [1.82, 2.24) is 20.5 Å². The summed E-state index contributed by atoms with van der Waals surface area (Å²) >= 11 is 0. The lowest BCUT2D eigenvalue weighted by molar-refractivity contribution is -0.130. The zero-order valence-electron chi connectivity index (χ0n) is 26.1. The van der Waals surface area contributed by atoms with Crippen LogP contribution in [0.5, 0.6) is 0 Å². The quantitative estimate of drug-likeness (QED) is 0.390. The minimum absolute atomic E-state index is 0.0490. The molecule has 2 aromatic rings. The van der Waals surface area contributed by atoms with Crippen molar-refractivity contribution in [1.29, 1.82) is 0 Å². The first-order valence-corrected chi connectivity index (χ1v) is 15.4. The molecule has 2 unspecified atom stereocenters. The molecule has 1 aromatic carbocycles. The van der Waals surface area contributed by atoms with Gasteiger partial charge in [-0.3, -0.25) is 19.5 Å². The number of halogens is 2. The van der Waals surface area contributed by atoms with E-state index in [1.54, 1.807) is 13.1 Å². The normalized spacial score (nSPS) is 26.7. The predicted octanol–water partition coefficient (Wildman–Crippen LogP) is 4.29. The van der Waals surface area contributed by atoms with Gasteiger partial charge in [0.1, 0.15) is 11.6 Å². The Bertz CT molecular complexity index is 1430. The van der Waals surface area contributed by atoms with Gasteiger partial charge in [-0.1, -0.05) is 19.0 Å². The van der Waals surface area contributed by atoms with Crippen LogP contribution in [0.25, 0.3) is 0 Å². The summed E-state index contributed by atoms with van der Waals surface area (Å²) in [5, 5.41) is 20.7. The maximum atomic E-state index is 14.5. The van der Waals surface area contributed by atoms with Gasteiger partial charge in [-0.15, -0.1) is 0 Å². The average Bonchev–Trinajstić information content (AvgIpc) is 3.32. The Labute approximate surface area is 257 Å². The van der Waals surface area contributed by atoms with Gasteiger partial charge in [0.2, 0.25) is 5.91 Å². The maximum absolute atomic E-state index is 14.5. The van der Waals surface area contributed by atoms with Crippen molar-refractivity contribution in [2.24, 2.45) is 11.1 Å². The van der Waals surface area contributed by atoms with Crippen molar-refractivity contribution in [2.45, 2.75) is 102 Å². The fourth-order valence-electron chi connectivity index (χ4n) is 6.69. The van der Waals surface area contributed by atoms with Crippen LogP contribution >= 0.6 is 0 Å². The first kappa shape index (κ1) is 32.0. The van der Waals surface area contributed by atoms with E-state index in [1.807, 2.05) is 39.8 Å². The average molecular weight is 612 g/mol. The number of nitrogens with zero attached hydrogens (tertiary/aromatic N) is 3. The molecule has 3 heterocycles. The molecule has 3 N–H and O–H groups in total. The Hall–Kier alpha value is -3.44. The lowest BCUT2D eigenvalue weighted by Gasteiger charge is -2.55. The molecule has 44 heavy (non-hydrogen) atoms. The van der Waals surface area contributed by atoms with Crippen molar-refractivity contribution in [3.05, 3.63) is 65.0 Å². The molecule has 0 radical (unpaired) electrons. The summed E-state index contributed by atoms with van der Waals surface area (Å²) in [7, 11) is 0. The van der Waals surface area contributed by atoms with Gasteiger partial charge in [0.05, 0.1) is 29.0 Å². The maximum Gasteiger partial charge on any atom is 0.270 e. The third-order valence-corrected chi connectivity index (χ3v) is 9.44. The largest absolute Gasteiger partial charge is 0.390 e. The van der Waals surface area contributed by atoms with E-state index in [1.165, 1.54) is 6.07 Å². The second-order valence-electron chi connectivity index (χ2n) is 13.6. The zero-order chi connectivity index (χ0) is 31.9. The number of aliphatic hydroxyl groups is 1. The van der Waals surface area contributed by atoms with Gasteiger partial charge >= 0.3 is 0 Å². The Kier molecular flexibility index (Phi) is 8.83. The number of hydrogen-bond donors (Lipinski definition) is 3. The summed E-state index contributed by atoms with van der Waals surface area (Å²) < 4.78 is 28.0. The van der Waals surface area contributed by atoms with Crippen molar-refractivity contribution in [3.63, 3.8) is 0 Å². The van der Waals surface area contributed by atoms with Crippen molar-refractivity contribution >= 4 is 17.5 Å². The molecule has 5 rings (SSSR count). The van der Waals surface area contributed by atoms with Gasteiger partial charge in [0, 0.05) is 42.7 Å². The van der Waals surface area contributed by atoms with Gasteiger partial charge in [0.15, 0.2) is 11.8 Å². The molecule has 2 aliphatic heterocycles. The highest BCUT2D eigenvalue weighted by Crippen LogP contribution is 2.38. The molecule has 3 aliphatic rings. The summed E-state index contributed by atoms with van der Waals surface area (Å²) in [6, 6.07) is 7.35. The molecule has 1 aliphatic carbocycles. The van der Waals surface area contributed by atoms with Crippen LogP contribution in [0.15, 0.2) is 41.7 Å². The second-order valence-corrected chi connectivity index (χ2v) is 13.6. The Balaban J connectivity index is 1.30. The molecule has 238 valence electrons. The van der Waals surface area contributed by atoms with Crippen molar-refractivity contribution in [3.8, 4) is 0 Å². The molecule has 1 saturated carbocycles. The number of benzene rings is 1. The highest BCUT2D eigenvalue weighted by atomic mass is 19.1. The Morgan fingerprint density at radius 1 is 1.16 bits per heavy atom. The number of nitrogens with one attached hydrogen (secondary N) is 2. The van der Waals surface area contributed by atoms with E-state index in [4.69, 9.17) is 4.84 Å². The number of aromatic nitrogens is 1. The number of likely N-dealkylation sites (tertiary alicyclic amines) is 1. The van der Waals surface area contributed by atoms with E-state index in [0.29, 0.717) is 25.9 Å². The molecular formula is C33H43F2N5O4. The first-order valence-electron chi connectivity index (χ1n) is 15.4. The molecular weight excluding hydrogens is 568 g/mol. The van der Waals surface area contributed by atoms with Crippen LogP contribution in [0, 0.1) is 17.6 Å². The SMILES string of the molecule is CCc1cc(C(C)(C)NC(=O)CC2(NC(=O)C3=NOC(c4ccc(F)cc4F)C3C)CN(C3CCC(C)(O)CC3)C2)ccn1. The first-order chi connectivity index (χ1) is 20.7. The predicted molar refractivity (Wildman–Crippen MR) is 162 cm³/mol. The van der Waals surface area contributed by atoms with Crippen molar-refractivity contribution in [2.75, 3.05) is 13.1 Å². The third-order valence-electron chi connectivity index (χ3n) is 9.44. The number of oxime groups is 1. The minimum atomic E-state index is -0.877. The van der Waals surface area contributed by atoms with Gasteiger partial charge in [-0.25, -0.2) is 8.78 Å². The van der Waals surface area contributed by atoms with Crippen LogP contribution in [0.3, 0.4) is 0 Å². The zero-order valence-corrected chi connectivity index (χ0v) is 26.1. The molecule has 11 heteroatoms. The molecule has 1 aromatic heterocycles. The Morgan fingerprint density at radius 3 is 2.52 bits per heavy atom. The van der Waals surface area contributed by atoms with Gasteiger partial charge in [-0.05, 0) is 82.7 Å². The second kappa shape index (κ2) is 12.2. The summed E-state index contributed by atoms with van der Waals surface area (Å²) in [5.41, 5.74) is -0.113. The molecule has 0 spiro atoms. The topological polar surface area (TPSA) is 116 Å². The third kappa shape index (κ3) is 6.78. The molecule has 9 nitrogen and oxygen atoms in total. The summed E-state index contributed by atoms with van der Waals surface area (Å²) in [6.45, 7) is 10.4. The van der Waals surface area contributed by atoms with Crippen LogP contribution < -0.4 is 10.6 Å². The number of pyridine rings is 1. The number of amides is 2. The van der Waals surface area contributed by atoms with Crippen LogP contribution in [0.1, 0.15) is 89.6 Å². The fourth-order valence-corrected chi connectivity index (χ4v) is 6.69. The fraction of sp³-hybridized carbons (Fsp3) is 0.576. The lowest BCUT2D eigenvalue weighted by Crippen LogP contribution is -2.74. The highest BCUT2D eigenvalue weighted by molar-refractivity contribution is 6.40. The number of carbonyl (C=O) groups excluding carboxylic acids is 2. The highest BCUT2D eigenvalue weighted by Gasteiger charge is 2.50. The van der Waals surface area contributed by atoms with Gasteiger partial charge < -0.3 is 20.6 Å². The number of rotatable bonds is 9. The van der Waals surface area contributed by atoms with Crippen LogP contribution in [0.4, 0.5) is 8.78 Å². The van der Waals surface area contributed by atoms with E-state index in [9.17, 15) is 23.5 Å². The lowest BCUT2D eigenvalue weighted by atomic mass is 9.78. The molecule has 2 atom stereocenters. The molecule has 0 bridgehead atoms. The Morgan fingerprint density at radius 2 is 1.86 bits per heavy atom. The summed E-state index contributed by atoms with van der Waals surface area (Å²) in [5.74, 6) is -2.76. The standard InChI is InChI=1S/C33H43F2N5O4/c1-6-23-15-21(11-14-36-23)31(3,4)37-27(41)17-33(18-40(19-33)24-9-12-32(5,43)13-10-24)38-30(42)28-20(2)29(44-39-28)25-8-7-22(34)16-26(25)35/h7-8,11,14-16,20,24,29,43H,6,9-10,12-13,17-19H2,1-5H3,(H,37,41)(H,38,42). The summed E-state index contributed by atoms with van der Waals surface area (Å²) in [6.07, 6.45) is 4.75. The smallest absolute Gasteiger partial charge is 0.270 e. The van der Waals surface area contributed by atoms with Crippen LogP contribution in [-0.4, -0.2) is 62.8 Å². The number of hydrogen-bond acceptors (Lipinski definition) is 7. The van der Waals surface area contributed by atoms with Gasteiger partial charge in [-0.2, -0.15) is 0 Å². The van der Waals surface area contributed by atoms with E-state index >= 15 is 0 Å². The van der Waals surface area contributed by atoms with E-state index in [0.717, 1.165) is 42.7 Å². The van der Waals surface area contributed by atoms with Crippen molar-refractivity contribution < 1.29 is 28.3 Å². The van der Waals surface area contributed by atoms with E-state index in [-0.39, 0.29) is 29.6 Å². The molecule has 1 saturated heterocycles. The number of carbonyl (C=O) groups is 2. The van der Waals surface area contributed by atoms with E-state index < -0.39 is 46.2 Å². The van der Waals surface area contributed by atoms with Crippen LogP contribution in [0.2, 0.25) is 0 Å². The summed E-state index contributed by atoms with van der Waals surface area (Å²) in [4.78, 5) is 39.3. The van der Waals surface area contributed by atoms with E-state index in [2.05, 4.69) is 25.7 Å². The molecule has 2 fully saturated rings. The van der Waals surface area contributed by atoms with Crippen LogP contribution in [-0.2, 0) is 26.4 Å². The number of aryl methyl sites for hydroxylation is 1. The monoisotopic (exact) mass is 611 g/mol.